The molecule has 1 unspecified atom stereocenters. The predicted molar refractivity (Wildman–Crippen MR) is 99.0 cm³/mol. The van der Waals surface area contributed by atoms with Crippen LogP contribution in [-0.2, 0) is 0 Å². The lowest BCUT2D eigenvalue weighted by atomic mass is 9.89. The van der Waals surface area contributed by atoms with E-state index < -0.39 is 0 Å². The number of hydrogen-bond acceptors (Lipinski definition) is 2. The van der Waals surface area contributed by atoms with Crippen molar-refractivity contribution in [2.24, 2.45) is 0 Å². The van der Waals surface area contributed by atoms with E-state index in [0.29, 0.717) is 10.8 Å². The summed E-state index contributed by atoms with van der Waals surface area (Å²) >= 11 is 5.40. The van der Waals surface area contributed by atoms with Crippen LogP contribution in [0.2, 0.25) is 0 Å². The minimum Gasteiger partial charge on any atom is -0.487 e. The first-order chi connectivity index (χ1) is 11.3. The Kier molecular flexibility index (Phi) is 4.45. The molecule has 0 spiro atoms. The standard InChI is InChI=1S/C19H21FN2OS/c1-12-7-8-15-16(11-19(2,3)23-17(15)9-12)22-18(24)21-14-6-4-5-13(20)10-14/h4-10,16H,11H2,1-3H3,(H2,21,22,24). The molecule has 1 heterocycles. The van der Waals surface area contributed by atoms with Gasteiger partial charge in [-0.05, 0) is 62.8 Å². The van der Waals surface area contributed by atoms with Crippen molar-refractivity contribution in [3.63, 3.8) is 0 Å². The summed E-state index contributed by atoms with van der Waals surface area (Å²) in [6.45, 7) is 6.18. The molecule has 2 N–H and O–H groups in total. The van der Waals surface area contributed by atoms with Crippen molar-refractivity contribution < 1.29 is 9.13 Å². The number of hydrogen-bond donors (Lipinski definition) is 2. The van der Waals surface area contributed by atoms with Gasteiger partial charge in [0.05, 0.1) is 6.04 Å². The van der Waals surface area contributed by atoms with E-state index in [4.69, 9.17) is 17.0 Å². The Morgan fingerprint density at radius 2 is 2.04 bits per heavy atom. The third-order valence-electron chi connectivity index (χ3n) is 4.01. The molecule has 2 aromatic carbocycles. The Bertz CT molecular complexity index is 776. The number of aryl methyl sites for hydroxylation is 1. The molecule has 1 aliphatic heterocycles. The van der Waals surface area contributed by atoms with E-state index in [-0.39, 0.29) is 17.5 Å². The van der Waals surface area contributed by atoms with Gasteiger partial charge in [0.15, 0.2) is 5.11 Å². The molecule has 0 fully saturated rings. The summed E-state index contributed by atoms with van der Waals surface area (Å²) in [5, 5.41) is 6.84. The second-order valence-electron chi connectivity index (χ2n) is 6.77. The summed E-state index contributed by atoms with van der Waals surface area (Å²) in [6.07, 6.45) is 0.786. The maximum Gasteiger partial charge on any atom is 0.171 e. The third-order valence-corrected chi connectivity index (χ3v) is 4.23. The smallest absolute Gasteiger partial charge is 0.171 e. The van der Waals surface area contributed by atoms with Crippen molar-refractivity contribution in [3.8, 4) is 5.75 Å². The van der Waals surface area contributed by atoms with Gasteiger partial charge in [-0.25, -0.2) is 4.39 Å². The minimum absolute atomic E-state index is 0.0397. The van der Waals surface area contributed by atoms with Gasteiger partial charge in [-0.1, -0.05) is 18.2 Å². The van der Waals surface area contributed by atoms with E-state index in [1.54, 1.807) is 12.1 Å². The van der Waals surface area contributed by atoms with E-state index in [1.807, 2.05) is 13.0 Å². The van der Waals surface area contributed by atoms with Gasteiger partial charge in [0.2, 0.25) is 0 Å². The maximum absolute atomic E-state index is 13.3. The predicted octanol–water partition coefficient (Wildman–Crippen LogP) is 4.72. The molecule has 0 aromatic heterocycles. The Morgan fingerprint density at radius 1 is 1.25 bits per heavy atom. The molecular formula is C19H21FN2OS. The number of benzene rings is 2. The molecule has 0 saturated heterocycles. The number of rotatable bonds is 2. The number of fused-ring (bicyclic) bond motifs is 1. The fourth-order valence-corrected chi connectivity index (χ4v) is 3.24. The molecule has 0 radical (unpaired) electrons. The Labute approximate surface area is 147 Å². The van der Waals surface area contributed by atoms with Crippen LogP contribution in [0.1, 0.15) is 37.4 Å². The quantitative estimate of drug-likeness (QED) is 0.772. The number of anilines is 1. The molecule has 24 heavy (non-hydrogen) atoms. The van der Waals surface area contributed by atoms with Crippen LogP contribution in [0.4, 0.5) is 10.1 Å². The van der Waals surface area contributed by atoms with Gasteiger partial charge in [-0.15, -0.1) is 0 Å². The summed E-state index contributed by atoms with van der Waals surface area (Å²) in [6, 6.07) is 12.5. The highest BCUT2D eigenvalue weighted by Gasteiger charge is 2.34. The molecule has 126 valence electrons. The average Bonchev–Trinajstić information content (AvgIpc) is 2.45. The summed E-state index contributed by atoms with van der Waals surface area (Å²) in [5.74, 6) is 0.591. The molecular weight excluding hydrogens is 323 g/mol. The monoisotopic (exact) mass is 344 g/mol. The van der Waals surface area contributed by atoms with E-state index in [9.17, 15) is 4.39 Å². The van der Waals surface area contributed by atoms with Gasteiger partial charge in [0, 0.05) is 17.7 Å². The highest BCUT2D eigenvalue weighted by molar-refractivity contribution is 7.80. The molecule has 3 nitrogen and oxygen atoms in total. The number of ether oxygens (including phenoxy) is 1. The maximum atomic E-state index is 13.3. The molecule has 5 heteroatoms. The van der Waals surface area contributed by atoms with Crippen molar-refractivity contribution >= 4 is 23.0 Å². The van der Waals surface area contributed by atoms with Crippen LogP contribution in [0, 0.1) is 12.7 Å². The van der Waals surface area contributed by atoms with Crippen LogP contribution in [0.15, 0.2) is 42.5 Å². The molecule has 0 bridgehead atoms. The summed E-state index contributed by atoms with van der Waals surface area (Å²) in [7, 11) is 0. The molecule has 0 aliphatic carbocycles. The van der Waals surface area contributed by atoms with E-state index >= 15 is 0 Å². The van der Waals surface area contributed by atoms with Gasteiger partial charge in [-0.2, -0.15) is 0 Å². The van der Waals surface area contributed by atoms with Gasteiger partial charge < -0.3 is 15.4 Å². The van der Waals surface area contributed by atoms with Crippen LogP contribution in [0.5, 0.6) is 5.75 Å². The van der Waals surface area contributed by atoms with Crippen LogP contribution >= 0.6 is 12.2 Å². The SMILES string of the molecule is Cc1ccc2c(c1)OC(C)(C)CC2NC(=S)Nc1cccc(F)c1. The molecule has 2 aromatic rings. The lowest BCUT2D eigenvalue weighted by molar-refractivity contribution is 0.0696. The van der Waals surface area contributed by atoms with E-state index in [1.165, 1.54) is 12.1 Å². The molecule has 1 atom stereocenters. The zero-order valence-electron chi connectivity index (χ0n) is 14.0. The van der Waals surface area contributed by atoms with Crippen LogP contribution in [0.25, 0.3) is 0 Å². The van der Waals surface area contributed by atoms with E-state index in [0.717, 1.165) is 23.3 Å². The molecule has 0 saturated carbocycles. The Balaban J connectivity index is 1.78. The van der Waals surface area contributed by atoms with Gasteiger partial charge in [0.1, 0.15) is 17.2 Å². The fourth-order valence-electron chi connectivity index (χ4n) is 2.98. The molecule has 3 rings (SSSR count). The topological polar surface area (TPSA) is 33.3 Å². The second kappa shape index (κ2) is 6.40. The van der Waals surface area contributed by atoms with Crippen molar-refractivity contribution in [2.75, 3.05) is 5.32 Å². The lowest BCUT2D eigenvalue weighted by Crippen LogP contribution is -2.42. The summed E-state index contributed by atoms with van der Waals surface area (Å²) in [4.78, 5) is 0. The van der Waals surface area contributed by atoms with Crippen LogP contribution < -0.4 is 15.4 Å². The van der Waals surface area contributed by atoms with Gasteiger partial charge in [-0.3, -0.25) is 0 Å². The summed E-state index contributed by atoms with van der Waals surface area (Å²) in [5.41, 5.74) is 2.59. The first-order valence-corrected chi connectivity index (χ1v) is 8.36. The first-order valence-electron chi connectivity index (χ1n) is 7.95. The minimum atomic E-state index is -0.296. The largest absolute Gasteiger partial charge is 0.487 e. The van der Waals surface area contributed by atoms with E-state index in [2.05, 4.69) is 36.6 Å². The average molecular weight is 344 g/mol. The lowest BCUT2D eigenvalue weighted by Gasteiger charge is -2.38. The van der Waals surface area contributed by atoms with Crippen molar-refractivity contribution in [1.29, 1.82) is 0 Å². The summed E-state index contributed by atoms with van der Waals surface area (Å²) < 4.78 is 19.4. The van der Waals surface area contributed by atoms with Gasteiger partial charge in [0.25, 0.3) is 0 Å². The highest BCUT2D eigenvalue weighted by atomic mass is 32.1. The fraction of sp³-hybridized carbons (Fsp3) is 0.316. The molecule has 1 aliphatic rings. The first kappa shape index (κ1) is 16.7. The second-order valence-corrected chi connectivity index (χ2v) is 7.18. The van der Waals surface area contributed by atoms with Gasteiger partial charge >= 0.3 is 0 Å². The van der Waals surface area contributed by atoms with Crippen molar-refractivity contribution in [2.45, 2.75) is 38.8 Å². The Hall–Kier alpha value is -2.14. The van der Waals surface area contributed by atoms with Crippen molar-refractivity contribution in [3.05, 3.63) is 59.4 Å². The van der Waals surface area contributed by atoms with Crippen molar-refractivity contribution in [1.82, 2.24) is 5.32 Å². The van der Waals surface area contributed by atoms with Crippen LogP contribution in [-0.4, -0.2) is 10.7 Å². The zero-order chi connectivity index (χ0) is 17.3. The number of nitrogens with one attached hydrogen (secondary N) is 2. The Morgan fingerprint density at radius 3 is 2.79 bits per heavy atom. The third kappa shape index (κ3) is 3.85. The normalized spacial score (nSPS) is 18.2. The zero-order valence-corrected chi connectivity index (χ0v) is 14.8. The highest BCUT2D eigenvalue weighted by Crippen LogP contribution is 2.39. The number of thiocarbonyl (C=S) groups is 1. The number of halogens is 1. The van der Waals surface area contributed by atoms with Crippen LogP contribution in [0.3, 0.4) is 0 Å². The molecule has 0 amide bonds.